The lowest BCUT2D eigenvalue weighted by molar-refractivity contribution is -0.158. The van der Waals surface area contributed by atoms with E-state index < -0.39 is 30.0 Å². The van der Waals surface area contributed by atoms with Gasteiger partial charge < -0.3 is 10.4 Å². The maximum Gasteiger partial charge on any atom is 0.396 e. The zero-order valence-electron chi connectivity index (χ0n) is 12.2. The molecule has 1 unspecified atom stereocenters. The van der Waals surface area contributed by atoms with E-state index in [9.17, 15) is 23.1 Å². The van der Waals surface area contributed by atoms with Crippen molar-refractivity contribution in [2.45, 2.75) is 49.7 Å². The monoisotopic (exact) mass is 315 g/mol. The summed E-state index contributed by atoms with van der Waals surface area (Å²) in [7, 11) is 0. The minimum absolute atomic E-state index is 0.0784. The van der Waals surface area contributed by atoms with Crippen LogP contribution in [0.3, 0.4) is 0 Å². The summed E-state index contributed by atoms with van der Waals surface area (Å²) in [6.07, 6.45) is -2.20. The molecule has 0 spiro atoms. The normalized spacial score (nSPS) is 18.9. The summed E-state index contributed by atoms with van der Waals surface area (Å²) in [5, 5.41) is 12.1. The maximum atomic E-state index is 13.2. The molecule has 0 aromatic heterocycles. The van der Waals surface area contributed by atoms with Gasteiger partial charge >= 0.3 is 6.18 Å². The van der Waals surface area contributed by atoms with Gasteiger partial charge in [-0.05, 0) is 18.4 Å². The molecule has 1 amide bonds. The Balaban J connectivity index is 2.09. The van der Waals surface area contributed by atoms with Crippen molar-refractivity contribution in [1.29, 1.82) is 0 Å². The highest BCUT2D eigenvalue weighted by Crippen LogP contribution is 2.38. The average Bonchev–Trinajstić information content (AvgIpc) is 2.93. The lowest BCUT2D eigenvalue weighted by Crippen LogP contribution is -2.49. The van der Waals surface area contributed by atoms with Crippen LogP contribution in [0.15, 0.2) is 30.3 Å². The van der Waals surface area contributed by atoms with Gasteiger partial charge in [-0.1, -0.05) is 43.2 Å². The number of hydrogen-bond donors (Lipinski definition) is 2. The molecule has 122 valence electrons. The van der Waals surface area contributed by atoms with Crippen LogP contribution in [-0.2, 0) is 4.79 Å². The summed E-state index contributed by atoms with van der Waals surface area (Å²) in [6, 6.07) is 7.44. The minimum atomic E-state index is -4.49. The fraction of sp³-hybridized carbons (Fsp3) is 0.562. The Morgan fingerprint density at radius 2 is 1.82 bits per heavy atom. The molecule has 1 aromatic carbocycles. The van der Waals surface area contributed by atoms with E-state index in [4.69, 9.17) is 0 Å². The predicted molar refractivity (Wildman–Crippen MR) is 76.3 cm³/mol. The molecule has 2 N–H and O–H groups in total. The summed E-state index contributed by atoms with van der Waals surface area (Å²) in [5.41, 5.74) is -0.668. The number of alkyl halides is 3. The first-order chi connectivity index (χ1) is 10.4. The van der Waals surface area contributed by atoms with Crippen LogP contribution in [-0.4, -0.2) is 29.3 Å². The first kappa shape index (κ1) is 16.8. The maximum absolute atomic E-state index is 13.2. The smallest absolute Gasteiger partial charge is 0.394 e. The Labute approximate surface area is 127 Å². The number of amides is 1. The van der Waals surface area contributed by atoms with Gasteiger partial charge in [0.1, 0.15) is 0 Å². The summed E-state index contributed by atoms with van der Waals surface area (Å²) in [4.78, 5) is 12.1. The van der Waals surface area contributed by atoms with Crippen LogP contribution < -0.4 is 5.32 Å². The van der Waals surface area contributed by atoms with E-state index in [0.29, 0.717) is 12.8 Å². The standard InChI is InChI=1S/C16H20F3NO2/c17-16(18,19)13(12-6-2-1-3-7-12)10-14(22)20-15(11-21)8-4-5-9-15/h1-3,6-7,13,21H,4-5,8-11H2,(H,20,22). The van der Waals surface area contributed by atoms with Crippen LogP contribution >= 0.6 is 0 Å². The Kier molecular flexibility index (Phi) is 5.11. The van der Waals surface area contributed by atoms with Crippen LogP contribution in [0.5, 0.6) is 0 Å². The van der Waals surface area contributed by atoms with Gasteiger partial charge in [0.05, 0.1) is 18.1 Å². The Morgan fingerprint density at radius 3 is 2.32 bits per heavy atom. The van der Waals surface area contributed by atoms with Crippen molar-refractivity contribution in [1.82, 2.24) is 5.32 Å². The van der Waals surface area contributed by atoms with E-state index in [0.717, 1.165) is 12.8 Å². The quantitative estimate of drug-likeness (QED) is 0.877. The number of hydrogen-bond acceptors (Lipinski definition) is 2. The number of halogens is 3. The summed E-state index contributed by atoms with van der Waals surface area (Å²) < 4.78 is 39.7. The zero-order valence-corrected chi connectivity index (χ0v) is 12.2. The van der Waals surface area contributed by atoms with E-state index in [1.807, 2.05) is 0 Å². The number of carbonyl (C=O) groups is 1. The van der Waals surface area contributed by atoms with E-state index in [1.54, 1.807) is 6.07 Å². The third kappa shape index (κ3) is 4.00. The topological polar surface area (TPSA) is 49.3 Å². The molecule has 1 aliphatic carbocycles. The lowest BCUT2D eigenvalue weighted by atomic mass is 9.93. The molecule has 1 fully saturated rings. The fourth-order valence-electron chi connectivity index (χ4n) is 3.01. The van der Waals surface area contributed by atoms with Gasteiger partial charge in [0.15, 0.2) is 0 Å². The SMILES string of the molecule is O=C(CC(c1ccccc1)C(F)(F)F)NC1(CO)CCCC1. The highest BCUT2D eigenvalue weighted by molar-refractivity contribution is 5.78. The number of nitrogens with one attached hydrogen (secondary N) is 1. The Hall–Kier alpha value is -1.56. The molecule has 0 saturated heterocycles. The van der Waals surface area contributed by atoms with Crippen molar-refractivity contribution in [3.8, 4) is 0 Å². The second-order valence-corrected chi connectivity index (χ2v) is 5.90. The first-order valence-corrected chi connectivity index (χ1v) is 7.40. The van der Waals surface area contributed by atoms with Crippen LogP contribution in [0, 0.1) is 0 Å². The summed E-state index contributed by atoms with van der Waals surface area (Å²) in [6.45, 7) is -0.235. The van der Waals surface area contributed by atoms with E-state index in [2.05, 4.69) is 5.32 Å². The molecule has 0 heterocycles. The molecule has 2 rings (SSSR count). The largest absolute Gasteiger partial charge is 0.396 e. The highest BCUT2D eigenvalue weighted by atomic mass is 19.4. The van der Waals surface area contributed by atoms with Gasteiger partial charge in [0.2, 0.25) is 5.91 Å². The average molecular weight is 315 g/mol. The third-order valence-corrected chi connectivity index (χ3v) is 4.25. The molecule has 22 heavy (non-hydrogen) atoms. The van der Waals surface area contributed by atoms with Crippen LogP contribution in [0.25, 0.3) is 0 Å². The molecule has 6 heteroatoms. The van der Waals surface area contributed by atoms with E-state index in [-0.39, 0.29) is 12.2 Å². The Bertz CT molecular complexity index is 496. The number of carbonyl (C=O) groups excluding carboxylic acids is 1. The summed E-state index contributed by atoms with van der Waals surface area (Å²) >= 11 is 0. The van der Waals surface area contributed by atoms with Crippen molar-refractivity contribution in [3.05, 3.63) is 35.9 Å². The Morgan fingerprint density at radius 1 is 1.23 bits per heavy atom. The molecule has 1 aromatic rings. The second kappa shape index (κ2) is 6.69. The van der Waals surface area contributed by atoms with Gasteiger partial charge in [0, 0.05) is 6.42 Å². The van der Waals surface area contributed by atoms with Crippen molar-refractivity contribution in [3.63, 3.8) is 0 Å². The van der Waals surface area contributed by atoms with Gasteiger partial charge in [-0.15, -0.1) is 0 Å². The lowest BCUT2D eigenvalue weighted by Gasteiger charge is -2.29. The fourth-order valence-corrected chi connectivity index (χ4v) is 3.01. The van der Waals surface area contributed by atoms with Crippen molar-refractivity contribution in [2.24, 2.45) is 0 Å². The first-order valence-electron chi connectivity index (χ1n) is 7.40. The molecule has 3 nitrogen and oxygen atoms in total. The predicted octanol–water partition coefficient (Wildman–Crippen LogP) is 3.14. The second-order valence-electron chi connectivity index (χ2n) is 5.90. The van der Waals surface area contributed by atoms with Gasteiger partial charge in [-0.25, -0.2) is 0 Å². The minimum Gasteiger partial charge on any atom is -0.394 e. The van der Waals surface area contributed by atoms with Crippen LogP contribution in [0.1, 0.15) is 43.6 Å². The molecule has 0 radical (unpaired) electrons. The molecule has 1 saturated carbocycles. The number of aliphatic hydroxyl groups excluding tert-OH is 1. The van der Waals surface area contributed by atoms with Crippen molar-refractivity contribution < 1.29 is 23.1 Å². The molecule has 0 bridgehead atoms. The molecular weight excluding hydrogens is 295 g/mol. The van der Waals surface area contributed by atoms with Crippen molar-refractivity contribution >= 4 is 5.91 Å². The third-order valence-electron chi connectivity index (χ3n) is 4.25. The van der Waals surface area contributed by atoms with Gasteiger partial charge in [-0.2, -0.15) is 13.2 Å². The van der Waals surface area contributed by atoms with Crippen LogP contribution in [0.4, 0.5) is 13.2 Å². The van der Waals surface area contributed by atoms with Crippen LogP contribution in [0.2, 0.25) is 0 Å². The van der Waals surface area contributed by atoms with Crippen molar-refractivity contribution in [2.75, 3.05) is 6.61 Å². The number of benzene rings is 1. The van der Waals surface area contributed by atoms with Gasteiger partial charge in [0.25, 0.3) is 0 Å². The van der Waals surface area contributed by atoms with Gasteiger partial charge in [-0.3, -0.25) is 4.79 Å². The number of rotatable bonds is 5. The molecule has 1 atom stereocenters. The number of aliphatic hydroxyl groups is 1. The van der Waals surface area contributed by atoms with E-state index in [1.165, 1.54) is 24.3 Å². The zero-order chi connectivity index (χ0) is 16.2. The highest BCUT2D eigenvalue weighted by Gasteiger charge is 2.43. The molecule has 1 aliphatic rings. The summed E-state index contributed by atoms with van der Waals surface area (Å²) in [5.74, 6) is -2.49. The van der Waals surface area contributed by atoms with E-state index >= 15 is 0 Å². The molecule has 0 aliphatic heterocycles. The molecular formula is C16H20F3NO2.